The molecule has 0 fully saturated rings. The predicted octanol–water partition coefficient (Wildman–Crippen LogP) is 5.58. The fraction of sp³-hybridized carbons (Fsp3) is 0.0833. The minimum absolute atomic E-state index is 0.0346. The van der Waals surface area contributed by atoms with Crippen molar-refractivity contribution in [2.75, 3.05) is 12.4 Å². The quantitative estimate of drug-likeness (QED) is 0.367. The zero-order valence-electron chi connectivity index (χ0n) is 16.3. The van der Waals surface area contributed by atoms with Crippen LogP contribution in [0.4, 0.5) is 5.69 Å². The zero-order chi connectivity index (χ0) is 21.3. The first-order chi connectivity index (χ1) is 14.6. The van der Waals surface area contributed by atoms with E-state index in [1.54, 1.807) is 37.4 Å². The van der Waals surface area contributed by atoms with Crippen LogP contribution in [0.15, 0.2) is 82.8 Å². The lowest BCUT2D eigenvalue weighted by Gasteiger charge is -2.12. The lowest BCUT2D eigenvalue weighted by Crippen LogP contribution is -2.13. The van der Waals surface area contributed by atoms with E-state index < -0.39 is 5.91 Å². The summed E-state index contributed by atoms with van der Waals surface area (Å²) in [6, 6.07) is 24.0. The van der Waals surface area contributed by atoms with Crippen LogP contribution in [0, 0.1) is 11.3 Å². The number of hydrogen-bond donors (Lipinski definition) is 1. The van der Waals surface area contributed by atoms with Crippen LogP contribution in [0.1, 0.15) is 11.1 Å². The molecule has 3 aromatic carbocycles. The van der Waals surface area contributed by atoms with Gasteiger partial charge in [-0.3, -0.25) is 4.79 Å². The van der Waals surface area contributed by atoms with Crippen LogP contribution in [0.2, 0.25) is 0 Å². The summed E-state index contributed by atoms with van der Waals surface area (Å²) in [6.07, 6.45) is 1.51. The second-order valence-corrected chi connectivity index (χ2v) is 7.22. The summed E-state index contributed by atoms with van der Waals surface area (Å²) < 4.78 is 12.1. The Hall–Kier alpha value is -3.56. The van der Waals surface area contributed by atoms with Crippen LogP contribution in [-0.2, 0) is 11.4 Å². The normalized spacial score (nSPS) is 10.8. The van der Waals surface area contributed by atoms with Gasteiger partial charge in [-0.25, -0.2) is 0 Å². The molecule has 0 saturated heterocycles. The van der Waals surface area contributed by atoms with Crippen molar-refractivity contribution < 1.29 is 14.3 Å². The van der Waals surface area contributed by atoms with Crippen LogP contribution in [0.3, 0.4) is 0 Å². The summed E-state index contributed by atoms with van der Waals surface area (Å²) in [5.74, 6) is 0.639. The third-order valence-corrected chi connectivity index (χ3v) is 4.75. The second-order valence-electron chi connectivity index (χ2n) is 6.31. The Morgan fingerprint density at radius 2 is 1.83 bits per heavy atom. The monoisotopic (exact) mass is 462 g/mol. The standard InChI is InChI=1S/C24H19BrN2O3/c1-29-22-12-7-18(23(14-22)30-16-17-5-3-2-4-6-17)13-19(15-26)24(28)27-21-10-8-20(25)9-11-21/h2-14H,16H2,1H3,(H,27,28)/b19-13+. The van der Waals surface area contributed by atoms with Crippen molar-refractivity contribution in [3.05, 3.63) is 94.0 Å². The molecule has 3 aromatic rings. The number of hydrogen-bond acceptors (Lipinski definition) is 4. The van der Waals surface area contributed by atoms with Crippen molar-refractivity contribution >= 4 is 33.6 Å². The molecule has 30 heavy (non-hydrogen) atoms. The number of methoxy groups -OCH3 is 1. The molecule has 0 heterocycles. The molecule has 0 spiro atoms. The summed E-state index contributed by atoms with van der Waals surface area (Å²) in [5, 5.41) is 12.3. The average molecular weight is 463 g/mol. The van der Waals surface area contributed by atoms with Crippen LogP contribution in [0.5, 0.6) is 11.5 Å². The van der Waals surface area contributed by atoms with Gasteiger partial charge in [0.25, 0.3) is 5.91 Å². The number of anilines is 1. The molecule has 0 bridgehead atoms. The van der Waals surface area contributed by atoms with Gasteiger partial charge in [0.2, 0.25) is 0 Å². The van der Waals surface area contributed by atoms with E-state index >= 15 is 0 Å². The lowest BCUT2D eigenvalue weighted by molar-refractivity contribution is -0.112. The summed E-state index contributed by atoms with van der Waals surface area (Å²) >= 11 is 3.35. The summed E-state index contributed by atoms with van der Waals surface area (Å²) in [7, 11) is 1.57. The van der Waals surface area contributed by atoms with E-state index in [1.807, 2.05) is 48.5 Å². The number of halogens is 1. The van der Waals surface area contributed by atoms with Crippen molar-refractivity contribution in [2.24, 2.45) is 0 Å². The van der Waals surface area contributed by atoms with Gasteiger partial charge in [0, 0.05) is 21.8 Å². The van der Waals surface area contributed by atoms with Gasteiger partial charge in [-0.05, 0) is 48.0 Å². The Balaban J connectivity index is 1.84. The van der Waals surface area contributed by atoms with Gasteiger partial charge in [0.1, 0.15) is 29.7 Å². The van der Waals surface area contributed by atoms with Gasteiger partial charge in [-0.1, -0.05) is 46.3 Å². The second kappa shape index (κ2) is 10.3. The Bertz CT molecular complexity index is 1090. The molecule has 150 valence electrons. The Morgan fingerprint density at radius 1 is 1.10 bits per heavy atom. The van der Waals surface area contributed by atoms with Crippen molar-refractivity contribution in [3.8, 4) is 17.6 Å². The number of nitrogens with zero attached hydrogens (tertiary/aromatic N) is 1. The van der Waals surface area contributed by atoms with Crippen molar-refractivity contribution in [2.45, 2.75) is 6.61 Å². The molecule has 0 radical (unpaired) electrons. The topological polar surface area (TPSA) is 71.3 Å². The maximum absolute atomic E-state index is 12.6. The summed E-state index contributed by atoms with van der Waals surface area (Å²) in [4.78, 5) is 12.6. The first-order valence-electron chi connectivity index (χ1n) is 9.12. The smallest absolute Gasteiger partial charge is 0.266 e. The molecular formula is C24H19BrN2O3. The zero-order valence-corrected chi connectivity index (χ0v) is 17.8. The third-order valence-electron chi connectivity index (χ3n) is 4.22. The van der Waals surface area contributed by atoms with E-state index in [-0.39, 0.29) is 5.57 Å². The Morgan fingerprint density at radius 3 is 2.50 bits per heavy atom. The molecule has 5 nitrogen and oxygen atoms in total. The molecule has 3 rings (SSSR count). The Kier molecular flexibility index (Phi) is 7.25. The fourth-order valence-electron chi connectivity index (χ4n) is 2.66. The maximum Gasteiger partial charge on any atom is 0.266 e. The van der Waals surface area contributed by atoms with E-state index in [0.717, 1.165) is 10.0 Å². The predicted molar refractivity (Wildman–Crippen MR) is 120 cm³/mol. The first-order valence-corrected chi connectivity index (χ1v) is 9.92. The Labute approximate surface area is 183 Å². The number of benzene rings is 3. The number of carbonyl (C=O) groups excluding carboxylic acids is 1. The molecule has 1 N–H and O–H groups in total. The third kappa shape index (κ3) is 5.72. The van der Waals surface area contributed by atoms with Gasteiger partial charge in [-0.2, -0.15) is 5.26 Å². The molecule has 6 heteroatoms. The van der Waals surface area contributed by atoms with Gasteiger partial charge < -0.3 is 14.8 Å². The summed E-state index contributed by atoms with van der Waals surface area (Å²) in [5.41, 5.74) is 2.17. The molecule has 1 amide bonds. The van der Waals surface area contributed by atoms with E-state index in [4.69, 9.17) is 9.47 Å². The SMILES string of the molecule is COc1ccc(/C=C(\C#N)C(=O)Nc2ccc(Br)cc2)c(OCc2ccccc2)c1. The highest BCUT2D eigenvalue weighted by atomic mass is 79.9. The van der Waals surface area contributed by atoms with E-state index in [2.05, 4.69) is 21.2 Å². The van der Waals surface area contributed by atoms with Crippen LogP contribution in [-0.4, -0.2) is 13.0 Å². The highest BCUT2D eigenvalue weighted by Gasteiger charge is 2.12. The van der Waals surface area contributed by atoms with Crippen molar-refractivity contribution in [1.82, 2.24) is 0 Å². The molecule has 0 unspecified atom stereocenters. The minimum atomic E-state index is -0.496. The van der Waals surface area contributed by atoms with Crippen molar-refractivity contribution in [1.29, 1.82) is 5.26 Å². The highest BCUT2D eigenvalue weighted by molar-refractivity contribution is 9.10. The molecule has 0 aliphatic carbocycles. The molecule has 0 aliphatic rings. The average Bonchev–Trinajstić information content (AvgIpc) is 2.78. The maximum atomic E-state index is 12.6. The van der Waals surface area contributed by atoms with Crippen LogP contribution in [0.25, 0.3) is 6.08 Å². The van der Waals surface area contributed by atoms with E-state index in [9.17, 15) is 10.1 Å². The fourth-order valence-corrected chi connectivity index (χ4v) is 2.92. The van der Waals surface area contributed by atoms with E-state index in [0.29, 0.717) is 29.4 Å². The van der Waals surface area contributed by atoms with Gasteiger partial charge in [0.15, 0.2) is 0 Å². The molecule has 0 aromatic heterocycles. The summed E-state index contributed by atoms with van der Waals surface area (Å²) in [6.45, 7) is 0.349. The number of nitriles is 1. The van der Waals surface area contributed by atoms with Gasteiger partial charge in [0.05, 0.1) is 7.11 Å². The van der Waals surface area contributed by atoms with Gasteiger partial charge >= 0.3 is 0 Å². The largest absolute Gasteiger partial charge is 0.497 e. The molecule has 0 aliphatic heterocycles. The van der Waals surface area contributed by atoms with Gasteiger partial charge in [-0.15, -0.1) is 0 Å². The number of rotatable bonds is 7. The number of amides is 1. The minimum Gasteiger partial charge on any atom is -0.497 e. The van der Waals surface area contributed by atoms with Crippen molar-refractivity contribution in [3.63, 3.8) is 0 Å². The first kappa shape index (κ1) is 21.2. The highest BCUT2D eigenvalue weighted by Crippen LogP contribution is 2.28. The number of ether oxygens (including phenoxy) is 2. The lowest BCUT2D eigenvalue weighted by atomic mass is 10.1. The number of carbonyl (C=O) groups is 1. The molecular weight excluding hydrogens is 444 g/mol. The number of nitrogens with one attached hydrogen (secondary N) is 1. The molecule has 0 atom stereocenters. The molecule has 0 saturated carbocycles. The van der Waals surface area contributed by atoms with E-state index in [1.165, 1.54) is 6.08 Å². The van der Waals surface area contributed by atoms with Crippen LogP contribution >= 0.6 is 15.9 Å². The van der Waals surface area contributed by atoms with Crippen LogP contribution < -0.4 is 14.8 Å².